The van der Waals surface area contributed by atoms with Gasteiger partial charge >= 0.3 is 0 Å². The first kappa shape index (κ1) is 20.7. The van der Waals surface area contributed by atoms with E-state index in [1.807, 2.05) is 6.07 Å². The van der Waals surface area contributed by atoms with Crippen molar-refractivity contribution in [2.45, 2.75) is 24.3 Å². The van der Waals surface area contributed by atoms with Crippen molar-refractivity contribution in [2.24, 2.45) is 0 Å². The molecule has 0 saturated carbocycles. The Bertz CT molecular complexity index is 1000. The van der Waals surface area contributed by atoms with Crippen LogP contribution in [0.15, 0.2) is 47.6 Å². The number of hydrogen-bond donors (Lipinski definition) is 0. The third-order valence-electron chi connectivity index (χ3n) is 5.07. The van der Waals surface area contributed by atoms with Gasteiger partial charge in [0.25, 0.3) is 0 Å². The standard InChI is InChI=1S/C22H25FN4O2S/c1-3-16-5-4-6-18(13-16)27-21(26-9-11-29-12-10-26)24-25-22(27)30-15-17-7-8-20(28-2)19(23)14-17/h4-8,13-14H,3,9-12,15H2,1-2H3. The maximum atomic E-state index is 14.1. The molecule has 2 aromatic carbocycles. The van der Waals surface area contributed by atoms with Crippen LogP contribution in [0.5, 0.6) is 5.75 Å². The quantitative estimate of drug-likeness (QED) is 0.528. The Morgan fingerprint density at radius 1 is 1.10 bits per heavy atom. The zero-order chi connectivity index (χ0) is 20.9. The summed E-state index contributed by atoms with van der Waals surface area (Å²) in [6, 6.07) is 13.5. The minimum atomic E-state index is -0.360. The Morgan fingerprint density at radius 2 is 1.93 bits per heavy atom. The van der Waals surface area contributed by atoms with E-state index >= 15 is 0 Å². The molecule has 158 valence electrons. The summed E-state index contributed by atoms with van der Waals surface area (Å²) in [5.41, 5.74) is 3.15. The Labute approximate surface area is 180 Å². The van der Waals surface area contributed by atoms with E-state index in [0.717, 1.165) is 41.9 Å². The Hall–Kier alpha value is -2.58. The van der Waals surface area contributed by atoms with Crippen LogP contribution in [0.4, 0.5) is 10.3 Å². The number of anilines is 1. The number of aromatic nitrogens is 3. The highest BCUT2D eigenvalue weighted by Gasteiger charge is 2.22. The van der Waals surface area contributed by atoms with Crippen molar-refractivity contribution in [3.63, 3.8) is 0 Å². The Balaban J connectivity index is 1.65. The first-order valence-corrected chi connectivity index (χ1v) is 11.0. The molecule has 1 aromatic heterocycles. The van der Waals surface area contributed by atoms with Crippen molar-refractivity contribution >= 4 is 17.7 Å². The molecule has 4 rings (SSSR count). The van der Waals surface area contributed by atoms with Gasteiger partial charge in [-0.15, -0.1) is 10.2 Å². The van der Waals surface area contributed by atoms with Gasteiger partial charge in [-0.25, -0.2) is 4.39 Å². The average Bonchev–Trinajstić information content (AvgIpc) is 3.22. The van der Waals surface area contributed by atoms with Crippen molar-refractivity contribution in [3.8, 4) is 11.4 Å². The summed E-state index contributed by atoms with van der Waals surface area (Å²) in [6.07, 6.45) is 0.955. The van der Waals surface area contributed by atoms with Crippen LogP contribution < -0.4 is 9.64 Å². The highest BCUT2D eigenvalue weighted by molar-refractivity contribution is 7.98. The minimum Gasteiger partial charge on any atom is -0.494 e. The second-order valence-electron chi connectivity index (χ2n) is 7.00. The third-order valence-corrected chi connectivity index (χ3v) is 6.07. The van der Waals surface area contributed by atoms with E-state index in [1.165, 1.54) is 30.5 Å². The predicted molar refractivity (Wildman–Crippen MR) is 116 cm³/mol. The lowest BCUT2D eigenvalue weighted by Gasteiger charge is -2.28. The molecule has 0 N–H and O–H groups in total. The molecule has 1 aliphatic rings. The number of ether oxygens (including phenoxy) is 2. The molecular formula is C22H25FN4O2S. The first-order valence-electron chi connectivity index (χ1n) is 10.0. The summed E-state index contributed by atoms with van der Waals surface area (Å²) in [7, 11) is 1.47. The van der Waals surface area contributed by atoms with Crippen molar-refractivity contribution in [1.29, 1.82) is 0 Å². The summed E-state index contributed by atoms with van der Waals surface area (Å²) >= 11 is 1.54. The fraction of sp³-hybridized carbons (Fsp3) is 0.364. The largest absolute Gasteiger partial charge is 0.494 e. The number of rotatable bonds is 7. The highest BCUT2D eigenvalue weighted by atomic mass is 32.2. The van der Waals surface area contributed by atoms with Crippen molar-refractivity contribution in [3.05, 3.63) is 59.4 Å². The smallest absolute Gasteiger partial charge is 0.232 e. The molecule has 1 fully saturated rings. The van der Waals surface area contributed by atoms with Gasteiger partial charge in [0.15, 0.2) is 16.7 Å². The maximum absolute atomic E-state index is 14.1. The fourth-order valence-corrected chi connectivity index (χ4v) is 4.30. The number of nitrogens with zero attached hydrogens (tertiary/aromatic N) is 4. The zero-order valence-electron chi connectivity index (χ0n) is 17.2. The van der Waals surface area contributed by atoms with Crippen LogP contribution >= 0.6 is 11.8 Å². The second-order valence-corrected chi connectivity index (χ2v) is 7.94. The number of aryl methyl sites for hydroxylation is 1. The number of morpholine rings is 1. The average molecular weight is 429 g/mol. The van der Waals surface area contributed by atoms with Crippen molar-refractivity contribution in [1.82, 2.24) is 14.8 Å². The van der Waals surface area contributed by atoms with Gasteiger partial charge in [0.05, 0.1) is 26.0 Å². The van der Waals surface area contributed by atoms with Gasteiger partial charge in [0.2, 0.25) is 5.95 Å². The van der Waals surface area contributed by atoms with E-state index in [9.17, 15) is 4.39 Å². The topological polar surface area (TPSA) is 52.4 Å². The second kappa shape index (κ2) is 9.49. The molecule has 6 nitrogen and oxygen atoms in total. The van der Waals surface area contributed by atoms with Crippen molar-refractivity contribution in [2.75, 3.05) is 38.3 Å². The Kier molecular flexibility index (Phi) is 6.54. The van der Waals surface area contributed by atoms with Crippen LogP contribution in [0.3, 0.4) is 0 Å². The molecule has 2 heterocycles. The monoisotopic (exact) mass is 428 g/mol. The fourth-order valence-electron chi connectivity index (χ4n) is 3.41. The van der Waals surface area contributed by atoms with Gasteiger partial charge in [-0.2, -0.15) is 0 Å². The van der Waals surface area contributed by atoms with Crippen LogP contribution in [0.25, 0.3) is 5.69 Å². The number of hydrogen-bond acceptors (Lipinski definition) is 6. The molecule has 0 aliphatic carbocycles. The van der Waals surface area contributed by atoms with Crippen LogP contribution in [0.2, 0.25) is 0 Å². The normalized spacial score (nSPS) is 14.2. The minimum absolute atomic E-state index is 0.248. The summed E-state index contributed by atoms with van der Waals surface area (Å²) in [5.74, 6) is 1.28. The van der Waals surface area contributed by atoms with E-state index in [2.05, 4.69) is 50.9 Å². The molecule has 30 heavy (non-hydrogen) atoms. The molecule has 0 bridgehead atoms. The number of benzene rings is 2. The molecule has 0 spiro atoms. The summed E-state index contributed by atoms with van der Waals surface area (Å²) in [6.45, 7) is 5.05. The Morgan fingerprint density at radius 3 is 2.67 bits per heavy atom. The van der Waals surface area contributed by atoms with Crippen LogP contribution in [0, 0.1) is 5.82 Å². The number of halogens is 1. The van der Waals surface area contributed by atoms with Crippen LogP contribution in [-0.2, 0) is 16.9 Å². The molecule has 8 heteroatoms. The number of thioether (sulfide) groups is 1. The van der Waals surface area contributed by atoms with Gasteiger partial charge in [-0.05, 0) is 41.8 Å². The molecule has 0 atom stereocenters. The van der Waals surface area contributed by atoms with Gasteiger partial charge in [0.1, 0.15) is 0 Å². The molecule has 0 radical (unpaired) electrons. The molecular weight excluding hydrogens is 403 g/mol. The van der Waals surface area contributed by atoms with E-state index in [1.54, 1.807) is 6.07 Å². The molecule has 1 aliphatic heterocycles. The lowest BCUT2D eigenvalue weighted by molar-refractivity contribution is 0.122. The molecule has 3 aromatic rings. The van der Waals surface area contributed by atoms with Gasteiger partial charge in [-0.1, -0.05) is 36.9 Å². The van der Waals surface area contributed by atoms with E-state index in [4.69, 9.17) is 9.47 Å². The summed E-state index contributed by atoms with van der Waals surface area (Å²) in [5, 5.41) is 9.75. The number of methoxy groups -OCH3 is 1. The summed E-state index contributed by atoms with van der Waals surface area (Å²) < 4.78 is 26.7. The maximum Gasteiger partial charge on any atom is 0.232 e. The zero-order valence-corrected chi connectivity index (χ0v) is 18.0. The van der Waals surface area contributed by atoms with E-state index in [0.29, 0.717) is 19.0 Å². The van der Waals surface area contributed by atoms with Gasteiger partial charge in [-0.3, -0.25) is 4.57 Å². The van der Waals surface area contributed by atoms with Crippen LogP contribution in [-0.4, -0.2) is 48.2 Å². The molecule has 1 saturated heterocycles. The van der Waals surface area contributed by atoms with Gasteiger partial charge < -0.3 is 14.4 Å². The highest BCUT2D eigenvalue weighted by Crippen LogP contribution is 2.30. The first-order chi connectivity index (χ1) is 14.7. The third kappa shape index (κ3) is 4.44. The lowest BCUT2D eigenvalue weighted by Crippen LogP contribution is -2.37. The molecule has 0 amide bonds. The SMILES string of the molecule is CCc1cccc(-n2c(SCc3ccc(OC)c(F)c3)nnc2N2CCOCC2)c1. The predicted octanol–water partition coefficient (Wildman–Crippen LogP) is 4.11. The lowest BCUT2D eigenvalue weighted by atomic mass is 10.1. The van der Waals surface area contributed by atoms with E-state index < -0.39 is 0 Å². The summed E-state index contributed by atoms with van der Waals surface area (Å²) in [4.78, 5) is 2.20. The van der Waals surface area contributed by atoms with Crippen molar-refractivity contribution < 1.29 is 13.9 Å². The molecule has 0 unspecified atom stereocenters. The van der Waals surface area contributed by atoms with E-state index in [-0.39, 0.29) is 11.6 Å². The van der Waals surface area contributed by atoms with Gasteiger partial charge in [0, 0.05) is 18.8 Å². The van der Waals surface area contributed by atoms with Crippen LogP contribution in [0.1, 0.15) is 18.1 Å².